The number of nitriles is 1. The van der Waals surface area contributed by atoms with Crippen molar-refractivity contribution in [1.29, 1.82) is 10.7 Å². The number of amides is 2. The van der Waals surface area contributed by atoms with Gasteiger partial charge in [-0.25, -0.2) is 13.7 Å². The molecular formula is C22H28N6O4S. The van der Waals surface area contributed by atoms with E-state index in [-0.39, 0.29) is 23.5 Å². The number of fused-ring (bicyclic) bond motifs is 2. The zero-order chi connectivity index (χ0) is 23.4. The molecule has 2 aliphatic carbocycles. The number of ether oxygens (including phenoxy) is 2. The van der Waals surface area contributed by atoms with Crippen LogP contribution in [0.3, 0.4) is 0 Å². The van der Waals surface area contributed by atoms with Crippen molar-refractivity contribution in [2.45, 2.75) is 51.0 Å². The Morgan fingerprint density at radius 1 is 1.33 bits per heavy atom. The van der Waals surface area contributed by atoms with E-state index in [9.17, 15) is 14.3 Å². The Morgan fingerprint density at radius 3 is 2.64 bits per heavy atom. The number of hydrogen-bond donors (Lipinski definition) is 4. The first-order valence-electron chi connectivity index (χ1n) is 11.0. The number of nitrogens with one attached hydrogen (secondary N) is 4. The Bertz CT molecular complexity index is 1130. The summed E-state index contributed by atoms with van der Waals surface area (Å²) in [5.74, 6) is 0.0374. The number of carbonyl (C=O) groups is 1. The molecule has 4 rings (SSSR count). The maximum absolute atomic E-state index is 13.6. The topological polar surface area (TPSA) is 149 Å². The van der Waals surface area contributed by atoms with Crippen molar-refractivity contribution in [1.82, 2.24) is 10.0 Å². The molecule has 176 valence electrons. The summed E-state index contributed by atoms with van der Waals surface area (Å²) in [6, 6.07) is 1.41. The second kappa shape index (κ2) is 9.80. The van der Waals surface area contributed by atoms with Gasteiger partial charge < -0.3 is 25.5 Å². The van der Waals surface area contributed by atoms with Crippen molar-refractivity contribution in [3.8, 4) is 6.19 Å². The summed E-state index contributed by atoms with van der Waals surface area (Å²) in [5.41, 5.74) is 5.48. The second-order valence-electron chi connectivity index (χ2n) is 8.21. The molecular weight excluding hydrogens is 444 g/mol. The molecule has 1 heterocycles. The second-order valence-corrected chi connectivity index (χ2v) is 10.1. The highest BCUT2D eigenvalue weighted by Crippen LogP contribution is 2.38. The number of carbonyl (C=O) groups excluding carboxylic acids is 1. The predicted octanol–water partition coefficient (Wildman–Crippen LogP) is 2.49. The van der Waals surface area contributed by atoms with Gasteiger partial charge in [-0.3, -0.25) is 0 Å². The van der Waals surface area contributed by atoms with Crippen LogP contribution >= 0.6 is 0 Å². The summed E-state index contributed by atoms with van der Waals surface area (Å²) in [7, 11) is -2.23. The number of hydrogen-bond acceptors (Lipinski definition) is 7. The normalized spacial score (nSPS) is 22.2. The van der Waals surface area contributed by atoms with Gasteiger partial charge in [0.1, 0.15) is 4.91 Å². The van der Waals surface area contributed by atoms with Gasteiger partial charge >= 0.3 is 6.03 Å². The summed E-state index contributed by atoms with van der Waals surface area (Å²) >= 11 is 0. The Hall–Kier alpha value is -3.10. The smallest absolute Gasteiger partial charge is 0.355 e. The first-order valence-corrected chi connectivity index (χ1v) is 12.5. The maximum atomic E-state index is 13.6. The lowest BCUT2D eigenvalue weighted by atomic mass is 9.99. The molecule has 0 saturated carbocycles. The van der Waals surface area contributed by atoms with E-state index >= 15 is 0 Å². The van der Waals surface area contributed by atoms with Crippen molar-refractivity contribution in [3.63, 3.8) is 0 Å². The molecule has 33 heavy (non-hydrogen) atoms. The van der Waals surface area contributed by atoms with Gasteiger partial charge in [-0.1, -0.05) is 6.07 Å². The fourth-order valence-corrected chi connectivity index (χ4v) is 5.88. The molecule has 0 radical (unpaired) electrons. The van der Waals surface area contributed by atoms with Crippen LogP contribution in [0.5, 0.6) is 0 Å². The number of rotatable bonds is 5. The zero-order valence-corrected chi connectivity index (χ0v) is 19.3. The lowest BCUT2D eigenvalue weighted by Gasteiger charge is -2.17. The minimum Gasteiger partial charge on any atom is -0.478 e. The maximum Gasteiger partial charge on any atom is 0.355 e. The first kappa shape index (κ1) is 23.1. The highest BCUT2D eigenvalue weighted by Gasteiger charge is 2.28. The van der Waals surface area contributed by atoms with Crippen molar-refractivity contribution >= 4 is 27.8 Å². The van der Waals surface area contributed by atoms with Crippen molar-refractivity contribution < 1.29 is 18.5 Å². The molecule has 1 unspecified atom stereocenters. The van der Waals surface area contributed by atoms with Gasteiger partial charge in [-0.05, 0) is 60.8 Å². The number of aryl methyl sites for hydroxylation is 2. The van der Waals surface area contributed by atoms with E-state index in [0.29, 0.717) is 13.0 Å². The predicted molar refractivity (Wildman–Crippen MR) is 124 cm³/mol. The average Bonchev–Trinajstić information content (AvgIpc) is 3.39. The van der Waals surface area contributed by atoms with E-state index in [4.69, 9.17) is 14.9 Å². The number of benzene rings is 1. The molecule has 2 amide bonds. The van der Waals surface area contributed by atoms with E-state index in [0.717, 1.165) is 61.6 Å². The summed E-state index contributed by atoms with van der Waals surface area (Å²) in [5, 5.41) is 22.8. The molecule has 0 bridgehead atoms. The molecule has 11 heteroatoms. The van der Waals surface area contributed by atoms with Crippen molar-refractivity contribution in [3.05, 3.63) is 39.1 Å². The molecule has 1 aliphatic heterocycles. The highest BCUT2D eigenvalue weighted by molar-refractivity contribution is 7.96. The minimum atomic E-state index is -3.81. The van der Waals surface area contributed by atoms with Crippen LogP contribution in [0.25, 0.3) is 0 Å². The van der Waals surface area contributed by atoms with Gasteiger partial charge in [-0.2, -0.15) is 5.26 Å². The summed E-state index contributed by atoms with van der Waals surface area (Å²) in [4.78, 5) is 12.8. The third-order valence-corrected chi connectivity index (χ3v) is 7.95. The number of allylic oxidation sites excluding steroid dienone is 1. The largest absolute Gasteiger partial charge is 0.478 e. The van der Waals surface area contributed by atoms with Crippen LogP contribution in [0.4, 0.5) is 10.5 Å². The van der Waals surface area contributed by atoms with Crippen LogP contribution in [0.15, 0.2) is 21.2 Å². The molecule has 0 spiro atoms. The van der Waals surface area contributed by atoms with Gasteiger partial charge in [0, 0.05) is 32.0 Å². The molecule has 1 fully saturated rings. The summed E-state index contributed by atoms with van der Waals surface area (Å²) < 4.78 is 30.5. The molecule has 10 nitrogen and oxygen atoms in total. The van der Waals surface area contributed by atoms with Crippen molar-refractivity contribution in [2.75, 3.05) is 25.6 Å². The molecule has 0 aromatic heterocycles. The summed E-state index contributed by atoms with van der Waals surface area (Å²) in [6.45, 7) is 0.620. The molecule has 1 aromatic carbocycles. The van der Waals surface area contributed by atoms with E-state index in [1.54, 1.807) is 13.3 Å². The summed E-state index contributed by atoms with van der Waals surface area (Å²) in [6.07, 6.45) is 8.61. The Labute approximate surface area is 193 Å². The average molecular weight is 473 g/mol. The van der Waals surface area contributed by atoms with Gasteiger partial charge in [0.25, 0.3) is 0 Å². The quantitative estimate of drug-likeness (QED) is 0.294. The van der Waals surface area contributed by atoms with Crippen molar-refractivity contribution in [2.24, 2.45) is 4.36 Å². The monoisotopic (exact) mass is 472 g/mol. The third kappa shape index (κ3) is 4.67. The van der Waals surface area contributed by atoms with E-state index in [1.807, 2.05) is 0 Å². The minimum absolute atomic E-state index is 0.0374. The van der Waals surface area contributed by atoms with E-state index in [2.05, 4.69) is 25.8 Å². The Morgan fingerprint density at radius 2 is 2.03 bits per heavy atom. The number of anilines is 1. The van der Waals surface area contributed by atoms with Crippen LogP contribution in [-0.2, 0) is 45.1 Å². The van der Waals surface area contributed by atoms with Gasteiger partial charge in [0.2, 0.25) is 5.88 Å². The molecule has 2 atom stereocenters. The Balaban J connectivity index is 1.69. The van der Waals surface area contributed by atoms with Gasteiger partial charge in [0.05, 0.1) is 12.7 Å². The van der Waals surface area contributed by atoms with Gasteiger partial charge in [-0.15, -0.1) is 4.36 Å². The first-order chi connectivity index (χ1) is 16.0. The van der Waals surface area contributed by atoms with Crippen LogP contribution < -0.4 is 15.4 Å². The fourth-order valence-electron chi connectivity index (χ4n) is 4.69. The lowest BCUT2D eigenvalue weighted by Crippen LogP contribution is -2.30. The number of urea groups is 1. The number of methoxy groups -OCH3 is 1. The van der Waals surface area contributed by atoms with Crippen LogP contribution in [0.1, 0.15) is 41.5 Å². The standard InChI is InChI=1S/C22H28N6O4S/c1-31-16-8-9-32-21(25-12-16)19(11-23)33(30,26-13-24)28-22(29)27-20-17-6-2-4-14(17)10-15-5-3-7-18(15)20/h10-11,16,23,25H,2-9,12H2,1H3,(H2,26,27,28,29,30)/b21-19-,23-11?/t16-,33?/m0/s1. The molecule has 1 saturated heterocycles. The SMILES string of the molecule is CO[C@H]1CCO/C(=C(/C=N)S(=O)(=NC(=O)Nc2c3c(cc4c2CCC4)CCC3)NC#N)NC1. The molecule has 3 aliphatic rings. The zero-order valence-electron chi connectivity index (χ0n) is 18.5. The lowest BCUT2D eigenvalue weighted by molar-refractivity contribution is 0.0910. The third-order valence-electron chi connectivity index (χ3n) is 6.26. The van der Waals surface area contributed by atoms with E-state index in [1.165, 1.54) is 11.1 Å². The molecule has 4 N–H and O–H groups in total. The van der Waals surface area contributed by atoms with Crippen LogP contribution in [-0.4, -0.2) is 42.8 Å². The fraction of sp³-hybridized carbons (Fsp3) is 0.500. The Kier molecular flexibility index (Phi) is 6.85. The highest BCUT2D eigenvalue weighted by atomic mass is 32.2. The van der Waals surface area contributed by atoms with Crippen LogP contribution in [0.2, 0.25) is 0 Å². The van der Waals surface area contributed by atoms with Gasteiger partial charge in [0.15, 0.2) is 16.1 Å². The number of nitrogens with zero attached hydrogens (tertiary/aromatic N) is 2. The molecule has 1 aromatic rings. The van der Waals surface area contributed by atoms with E-state index < -0.39 is 15.9 Å². The van der Waals surface area contributed by atoms with Crippen LogP contribution in [0, 0.1) is 16.9 Å².